The van der Waals surface area contributed by atoms with E-state index in [0.29, 0.717) is 0 Å². The number of carbonyl (C=O) groups is 1. The summed E-state index contributed by atoms with van der Waals surface area (Å²) >= 11 is 1.63. The van der Waals surface area contributed by atoms with Gasteiger partial charge < -0.3 is 5.32 Å². The van der Waals surface area contributed by atoms with Crippen molar-refractivity contribution >= 4 is 38.7 Å². The van der Waals surface area contributed by atoms with E-state index < -0.39 is 0 Å². The van der Waals surface area contributed by atoms with Gasteiger partial charge in [0.05, 0.1) is 11.9 Å². The molecule has 4 rings (SSSR count). The van der Waals surface area contributed by atoms with Crippen molar-refractivity contribution in [3.05, 3.63) is 65.7 Å². The van der Waals surface area contributed by atoms with Crippen LogP contribution in [0.25, 0.3) is 15.8 Å². The number of fused-ring (bicyclic) bond motifs is 1. The maximum absolute atomic E-state index is 13.3. The molecule has 0 atom stereocenters. The molecular weight excluding hydrogens is 400 g/mol. The van der Waals surface area contributed by atoms with E-state index in [-0.39, 0.29) is 11.8 Å². The van der Waals surface area contributed by atoms with E-state index in [2.05, 4.69) is 33.9 Å². The van der Waals surface area contributed by atoms with Crippen molar-refractivity contribution in [3.63, 3.8) is 0 Å². The normalized spacial score (nSPS) is 23.5. The summed E-state index contributed by atoms with van der Waals surface area (Å²) in [7, 11) is 0. The molecule has 0 aliphatic heterocycles. The predicted molar refractivity (Wildman–Crippen MR) is 133 cm³/mol. The molecule has 2 aromatic heterocycles. The summed E-state index contributed by atoms with van der Waals surface area (Å²) in [6.07, 6.45) is 28.3. The third-order valence-corrected chi connectivity index (χ3v) is 7.08. The van der Waals surface area contributed by atoms with E-state index in [1.807, 2.05) is 36.6 Å². The molecule has 1 saturated carbocycles. The summed E-state index contributed by atoms with van der Waals surface area (Å²) in [6, 6.07) is 2.11. The van der Waals surface area contributed by atoms with Gasteiger partial charge in [-0.3, -0.25) is 4.79 Å². The molecule has 31 heavy (non-hydrogen) atoms. The molecule has 2 heterocycles. The van der Waals surface area contributed by atoms with Gasteiger partial charge in [0.2, 0.25) is 5.91 Å². The van der Waals surface area contributed by atoms with Gasteiger partial charge >= 0.3 is 0 Å². The fourth-order valence-electron chi connectivity index (χ4n) is 4.55. The molecule has 0 unspecified atom stereocenters. The van der Waals surface area contributed by atoms with E-state index in [0.717, 1.165) is 52.7 Å². The van der Waals surface area contributed by atoms with Crippen molar-refractivity contribution in [1.82, 2.24) is 4.98 Å². The fraction of sp³-hybridized carbons (Fsp3) is 0.407. The second-order valence-corrected chi connectivity index (χ2v) is 9.42. The van der Waals surface area contributed by atoms with Crippen LogP contribution in [0.4, 0.5) is 5.69 Å². The number of carbonyl (C=O) groups excluding carboxylic acids is 1. The molecular formula is C27H32N2OS. The number of pyridine rings is 1. The molecule has 1 amide bonds. The monoisotopic (exact) mass is 432 g/mol. The molecule has 1 fully saturated rings. The van der Waals surface area contributed by atoms with E-state index >= 15 is 0 Å². The van der Waals surface area contributed by atoms with Crippen molar-refractivity contribution in [2.24, 2.45) is 5.92 Å². The van der Waals surface area contributed by atoms with Gasteiger partial charge in [0.1, 0.15) is 4.83 Å². The van der Waals surface area contributed by atoms with Crippen LogP contribution in [0.2, 0.25) is 0 Å². The largest absolute Gasteiger partial charge is 0.324 e. The zero-order valence-electron chi connectivity index (χ0n) is 18.2. The van der Waals surface area contributed by atoms with Crippen molar-refractivity contribution in [3.8, 4) is 0 Å². The quantitative estimate of drug-likeness (QED) is 0.537. The Morgan fingerprint density at radius 1 is 0.903 bits per heavy atom. The minimum atomic E-state index is 0.0915. The molecule has 2 aliphatic carbocycles. The van der Waals surface area contributed by atoms with Crippen LogP contribution in [0.1, 0.15) is 69.8 Å². The number of anilines is 1. The Morgan fingerprint density at radius 3 is 2.35 bits per heavy atom. The number of aromatic nitrogens is 1. The van der Waals surface area contributed by atoms with Crippen molar-refractivity contribution < 1.29 is 4.79 Å². The summed E-state index contributed by atoms with van der Waals surface area (Å²) in [4.78, 5) is 19.0. The smallest absolute Gasteiger partial charge is 0.227 e. The first-order chi connectivity index (χ1) is 15.3. The summed E-state index contributed by atoms with van der Waals surface area (Å²) < 4.78 is 0. The maximum atomic E-state index is 13.3. The number of rotatable bonds is 3. The van der Waals surface area contributed by atoms with Crippen molar-refractivity contribution in [2.45, 2.75) is 64.2 Å². The van der Waals surface area contributed by atoms with Gasteiger partial charge in [-0.1, -0.05) is 93.9 Å². The van der Waals surface area contributed by atoms with Gasteiger partial charge in [-0.25, -0.2) is 4.98 Å². The minimum Gasteiger partial charge on any atom is -0.324 e. The van der Waals surface area contributed by atoms with Crippen LogP contribution in [0.15, 0.2) is 60.2 Å². The molecule has 0 bridgehead atoms. The van der Waals surface area contributed by atoms with Crippen LogP contribution in [0.5, 0.6) is 0 Å². The molecule has 0 saturated heterocycles. The van der Waals surface area contributed by atoms with E-state index in [1.54, 1.807) is 11.3 Å². The summed E-state index contributed by atoms with van der Waals surface area (Å²) in [6.45, 7) is 0. The SMILES string of the molecule is O=C(Nc1cnc2sccc2c1C1=C/C=C\C=C/C=C\1)C1CCCCCCCCCC1. The zero-order chi connectivity index (χ0) is 21.3. The first-order valence-corrected chi connectivity index (χ1v) is 12.6. The summed E-state index contributed by atoms with van der Waals surface area (Å²) in [5, 5.41) is 6.45. The molecule has 1 N–H and O–H groups in total. The van der Waals surface area contributed by atoms with Gasteiger partial charge in [-0.05, 0) is 29.9 Å². The highest BCUT2D eigenvalue weighted by atomic mass is 32.1. The Morgan fingerprint density at radius 2 is 1.58 bits per heavy atom. The lowest BCUT2D eigenvalue weighted by atomic mass is 9.94. The second kappa shape index (κ2) is 11.2. The average molecular weight is 433 g/mol. The van der Waals surface area contributed by atoms with Crippen LogP contribution in [0.3, 0.4) is 0 Å². The lowest BCUT2D eigenvalue weighted by molar-refractivity contribution is -0.120. The number of hydrogen-bond acceptors (Lipinski definition) is 3. The number of nitrogens with one attached hydrogen (secondary N) is 1. The molecule has 0 spiro atoms. The highest BCUT2D eigenvalue weighted by Gasteiger charge is 2.21. The second-order valence-electron chi connectivity index (χ2n) is 8.53. The van der Waals surface area contributed by atoms with Crippen molar-refractivity contribution in [1.29, 1.82) is 0 Å². The Bertz CT molecular complexity index is 999. The highest BCUT2D eigenvalue weighted by molar-refractivity contribution is 7.16. The topological polar surface area (TPSA) is 42.0 Å². The average Bonchev–Trinajstić information content (AvgIpc) is 3.20. The number of nitrogens with zero attached hydrogens (tertiary/aromatic N) is 1. The summed E-state index contributed by atoms with van der Waals surface area (Å²) in [5.74, 6) is 0.247. The maximum Gasteiger partial charge on any atom is 0.227 e. The van der Waals surface area contributed by atoms with Crippen LogP contribution in [-0.2, 0) is 4.79 Å². The first kappa shape index (κ1) is 21.8. The van der Waals surface area contributed by atoms with Crippen LogP contribution >= 0.6 is 11.3 Å². The number of hydrogen-bond donors (Lipinski definition) is 1. The van der Waals surface area contributed by atoms with Crippen LogP contribution < -0.4 is 5.32 Å². The predicted octanol–water partition coefficient (Wildman–Crippen LogP) is 7.83. The van der Waals surface area contributed by atoms with Gasteiger partial charge in [0.25, 0.3) is 0 Å². The van der Waals surface area contributed by atoms with Crippen LogP contribution in [-0.4, -0.2) is 10.9 Å². The lowest BCUT2D eigenvalue weighted by Crippen LogP contribution is -2.23. The van der Waals surface area contributed by atoms with Gasteiger partial charge in [0.15, 0.2) is 0 Å². The van der Waals surface area contributed by atoms with E-state index in [4.69, 9.17) is 0 Å². The van der Waals surface area contributed by atoms with Gasteiger partial charge in [-0.2, -0.15) is 0 Å². The Kier molecular flexibility index (Phi) is 7.89. The van der Waals surface area contributed by atoms with E-state index in [1.165, 1.54) is 38.5 Å². The Balaban J connectivity index is 1.60. The zero-order valence-corrected chi connectivity index (χ0v) is 19.0. The Hall–Kier alpha value is -2.46. The highest BCUT2D eigenvalue weighted by Crippen LogP contribution is 2.35. The molecule has 0 radical (unpaired) electrons. The molecule has 4 heteroatoms. The van der Waals surface area contributed by atoms with E-state index in [9.17, 15) is 4.79 Å². The van der Waals surface area contributed by atoms with Gasteiger partial charge in [0, 0.05) is 16.9 Å². The molecule has 162 valence electrons. The number of thiophene rings is 1. The molecule has 0 aromatic carbocycles. The first-order valence-electron chi connectivity index (χ1n) is 11.7. The lowest BCUT2D eigenvalue weighted by Gasteiger charge is -2.19. The number of allylic oxidation sites excluding steroid dienone is 8. The van der Waals surface area contributed by atoms with Crippen LogP contribution in [0, 0.1) is 5.92 Å². The standard InChI is InChI=1S/C27H32N2OS/c30-26(22-16-12-6-3-1-2-4-7-13-17-22)29-24-20-28-27-23(18-19-31-27)25(24)21-14-10-8-5-9-11-15-21/h5,8-11,14-15,18-20,22H,1-4,6-7,12-13,16-17H2,(H,29,30)/b8-5-,9-5?,10-8?,11-9-,14-10-,15-11?,21-14?,21-15+. The molecule has 2 aliphatic rings. The fourth-order valence-corrected chi connectivity index (χ4v) is 5.29. The molecule has 2 aromatic rings. The number of amides is 1. The van der Waals surface area contributed by atoms with Crippen molar-refractivity contribution in [2.75, 3.05) is 5.32 Å². The summed E-state index contributed by atoms with van der Waals surface area (Å²) in [5.41, 5.74) is 2.97. The minimum absolute atomic E-state index is 0.0915. The molecule has 3 nitrogen and oxygen atoms in total. The third kappa shape index (κ3) is 5.82. The van der Waals surface area contributed by atoms with Gasteiger partial charge in [-0.15, -0.1) is 11.3 Å². The third-order valence-electron chi connectivity index (χ3n) is 6.26. The Labute approximate surface area is 189 Å².